The fourth-order valence-corrected chi connectivity index (χ4v) is 4.44. The van der Waals surface area contributed by atoms with Gasteiger partial charge in [0, 0.05) is 30.4 Å². The number of aliphatic hydroxyl groups excluding tert-OH is 1. The topological polar surface area (TPSA) is 74.9 Å². The number of aromatic nitrogens is 2. The largest absolute Gasteiger partial charge is 0.495 e. The summed E-state index contributed by atoms with van der Waals surface area (Å²) in [6, 6.07) is 11.0. The lowest BCUT2D eigenvalue weighted by molar-refractivity contribution is 0.0508. The Morgan fingerprint density at radius 1 is 1.20 bits per heavy atom. The first kappa shape index (κ1) is 24.8. The first-order valence-corrected chi connectivity index (χ1v) is 11.9. The lowest BCUT2D eigenvalue weighted by atomic mass is 9.97. The average molecular weight is 490 g/mol. The van der Waals surface area contributed by atoms with E-state index in [4.69, 9.17) is 22.9 Å². The van der Waals surface area contributed by atoms with Crippen LogP contribution in [0.5, 0.6) is 5.75 Å². The SMILES string of the molecule is [C-]#[N+]c1ccc2c(C#CC(C)(C)N3CCC(O)CC3)nnc(NCc3ccc(OC)c(Cl)c3)c2c1. The third-order valence-corrected chi connectivity index (χ3v) is 6.61. The van der Waals surface area contributed by atoms with E-state index in [9.17, 15) is 5.11 Å². The fourth-order valence-electron chi connectivity index (χ4n) is 4.16. The molecule has 1 fully saturated rings. The van der Waals surface area contributed by atoms with Crippen LogP contribution in [0.1, 0.15) is 37.9 Å². The molecule has 2 heterocycles. The highest BCUT2D eigenvalue weighted by atomic mass is 35.5. The number of fused-ring (bicyclic) bond motifs is 1. The molecular weight excluding hydrogens is 462 g/mol. The van der Waals surface area contributed by atoms with Crippen molar-refractivity contribution in [2.45, 2.75) is 44.9 Å². The summed E-state index contributed by atoms with van der Waals surface area (Å²) in [5.41, 5.74) is 1.69. The fraction of sp³-hybridized carbons (Fsp3) is 0.370. The zero-order valence-electron chi connectivity index (χ0n) is 20.1. The monoisotopic (exact) mass is 489 g/mol. The number of rotatable bonds is 5. The van der Waals surface area contributed by atoms with Crippen molar-refractivity contribution in [1.82, 2.24) is 15.1 Å². The molecule has 35 heavy (non-hydrogen) atoms. The Hall–Kier alpha value is -3.36. The van der Waals surface area contributed by atoms with Gasteiger partial charge in [0.2, 0.25) is 0 Å². The zero-order chi connectivity index (χ0) is 25.0. The Bertz CT molecular complexity index is 1330. The number of nitrogens with zero attached hydrogens (tertiary/aromatic N) is 4. The Kier molecular flexibility index (Phi) is 7.42. The van der Waals surface area contributed by atoms with Gasteiger partial charge in [-0.05, 0) is 56.4 Å². The summed E-state index contributed by atoms with van der Waals surface area (Å²) in [6.45, 7) is 13.7. The second-order valence-electron chi connectivity index (χ2n) is 9.09. The summed E-state index contributed by atoms with van der Waals surface area (Å²) in [7, 11) is 1.58. The Balaban J connectivity index is 1.63. The Morgan fingerprint density at radius 3 is 2.66 bits per heavy atom. The van der Waals surface area contributed by atoms with E-state index < -0.39 is 0 Å². The van der Waals surface area contributed by atoms with E-state index in [-0.39, 0.29) is 11.6 Å². The van der Waals surface area contributed by atoms with Gasteiger partial charge in [0.1, 0.15) is 11.4 Å². The number of ether oxygens (including phenoxy) is 1. The second kappa shape index (κ2) is 10.5. The molecular formula is C27H28ClN5O2. The van der Waals surface area contributed by atoms with E-state index in [1.54, 1.807) is 13.2 Å². The molecule has 0 radical (unpaired) electrons. The number of hydrogen-bond acceptors (Lipinski definition) is 6. The lowest BCUT2D eigenvalue weighted by Crippen LogP contribution is -2.48. The summed E-state index contributed by atoms with van der Waals surface area (Å²) in [5.74, 6) is 7.79. The van der Waals surface area contributed by atoms with Crippen LogP contribution in [0.4, 0.5) is 11.5 Å². The van der Waals surface area contributed by atoms with Gasteiger partial charge >= 0.3 is 0 Å². The molecule has 180 valence electrons. The van der Waals surface area contributed by atoms with Gasteiger partial charge in [-0.2, -0.15) is 0 Å². The van der Waals surface area contributed by atoms with E-state index in [0.29, 0.717) is 34.5 Å². The smallest absolute Gasteiger partial charge is 0.188 e. The molecule has 8 heteroatoms. The molecule has 7 nitrogen and oxygen atoms in total. The van der Waals surface area contributed by atoms with Crippen molar-refractivity contribution < 1.29 is 9.84 Å². The van der Waals surface area contributed by atoms with Crippen molar-refractivity contribution in [1.29, 1.82) is 0 Å². The molecule has 0 spiro atoms. The van der Waals surface area contributed by atoms with Gasteiger partial charge in [-0.1, -0.05) is 35.7 Å². The van der Waals surface area contributed by atoms with E-state index in [2.05, 4.69) is 50.9 Å². The van der Waals surface area contributed by atoms with Gasteiger partial charge in [-0.3, -0.25) is 4.90 Å². The Labute approximate surface area is 210 Å². The lowest BCUT2D eigenvalue weighted by Gasteiger charge is -2.38. The van der Waals surface area contributed by atoms with Crippen LogP contribution in [0.3, 0.4) is 0 Å². The number of piperidine rings is 1. The number of methoxy groups -OCH3 is 1. The first-order valence-electron chi connectivity index (χ1n) is 11.5. The minimum absolute atomic E-state index is 0.226. The van der Waals surface area contributed by atoms with Gasteiger partial charge in [0.25, 0.3) is 0 Å². The Morgan fingerprint density at radius 2 is 1.97 bits per heavy atom. The van der Waals surface area contributed by atoms with Crippen LogP contribution in [0.25, 0.3) is 15.6 Å². The minimum atomic E-state index is -0.366. The van der Waals surface area contributed by atoms with Crippen LogP contribution in [0.15, 0.2) is 36.4 Å². The molecule has 2 aromatic carbocycles. The molecule has 2 N–H and O–H groups in total. The molecule has 0 aliphatic carbocycles. The maximum atomic E-state index is 9.82. The number of benzene rings is 2. The van der Waals surface area contributed by atoms with Crippen LogP contribution in [-0.2, 0) is 6.54 Å². The standard InChI is InChI=1S/C27H28ClN5O2/c1-27(2,33-13-10-20(34)11-14-33)12-9-24-21-7-6-19(29-3)16-22(21)26(32-31-24)30-17-18-5-8-25(35-4)23(28)15-18/h5-8,15-16,20,34H,10-11,13-14,17H2,1-2,4H3,(H,30,32). The quantitative estimate of drug-likeness (QED) is 0.386. The second-order valence-corrected chi connectivity index (χ2v) is 9.50. The van der Waals surface area contributed by atoms with E-state index in [0.717, 1.165) is 42.3 Å². The van der Waals surface area contributed by atoms with Gasteiger partial charge in [0.05, 0.1) is 30.3 Å². The molecule has 1 aliphatic rings. The third kappa shape index (κ3) is 5.66. The molecule has 1 aliphatic heterocycles. The van der Waals surface area contributed by atoms with Crippen LogP contribution >= 0.6 is 11.6 Å². The van der Waals surface area contributed by atoms with Crippen LogP contribution in [-0.4, -0.2) is 52.0 Å². The molecule has 0 unspecified atom stereocenters. The van der Waals surface area contributed by atoms with Crippen LogP contribution < -0.4 is 10.1 Å². The summed E-state index contributed by atoms with van der Waals surface area (Å²) >= 11 is 6.26. The van der Waals surface area contributed by atoms with Gasteiger partial charge in [0.15, 0.2) is 11.5 Å². The predicted molar refractivity (Wildman–Crippen MR) is 139 cm³/mol. The molecule has 1 aromatic heterocycles. The number of nitrogens with one attached hydrogen (secondary N) is 1. The zero-order valence-corrected chi connectivity index (χ0v) is 20.9. The molecule has 0 saturated carbocycles. The predicted octanol–water partition coefficient (Wildman–Crippen LogP) is 5.04. The van der Waals surface area contributed by atoms with Gasteiger partial charge in [-0.25, -0.2) is 4.85 Å². The van der Waals surface area contributed by atoms with E-state index >= 15 is 0 Å². The third-order valence-electron chi connectivity index (χ3n) is 6.31. The highest BCUT2D eigenvalue weighted by molar-refractivity contribution is 6.32. The van der Waals surface area contributed by atoms with Gasteiger partial charge < -0.3 is 15.2 Å². The summed E-state index contributed by atoms with van der Waals surface area (Å²) < 4.78 is 5.22. The highest BCUT2D eigenvalue weighted by Gasteiger charge is 2.28. The molecule has 0 atom stereocenters. The van der Waals surface area contributed by atoms with Crippen molar-refractivity contribution in [3.8, 4) is 17.6 Å². The minimum Gasteiger partial charge on any atom is -0.495 e. The average Bonchev–Trinajstić information content (AvgIpc) is 2.86. The van der Waals surface area contributed by atoms with Crippen molar-refractivity contribution in [2.24, 2.45) is 0 Å². The number of aliphatic hydroxyl groups is 1. The van der Waals surface area contributed by atoms with Crippen molar-refractivity contribution in [2.75, 3.05) is 25.5 Å². The summed E-state index contributed by atoms with van der Waals surface area (Å²) in [5, 5.41) is 24.1. The van der Waals surface area contributed by atoms with Gasteiger partial charge in [-0.15, -0.1) is 10.2 Å². The first-order chi connectivity index (χ1) is 16.8. The van der Waals surface area contributed by atoms with Crippen molar-refractivity contribution in [3.63, 3.8) is 0 Å². The summed E-state index contributed by atoms with van der Waals surface area (Å²) in [4.78, 5) is 5.86. The highest BCUT2D eigenvalue weighted by Crippen LogP contribution is 2.29. The van der Waals surface area contributed by atoms with Crippen LogP contribution in [0, 0.1) is 18.4 Å². The summed E-state index contributed by atoms with van der Waals surface area (Å²) in [6.07, 6.45) is 1.29. The molecule has 3 aromatic rings. The normalized spacial score (nSPS) is 14.7. The maximum absolute atomic E-state index is 9.82. The maximum Gasteiger partial charge on any atom is 0.188 e. The molecule has 4 rings (SSSR count). The number of likely N-dealkylation sites (tertiary alicyclic amines) is 1. The molecule has 1 saturated heterocycles. The number of anilines is 1. The van der Waals surface area contributed by atoms with E-state index in [1.165, 1.54) is 0 Å². The molecule has 0 bridgehead atoms. The van der Waals surface area contributed by atoms with Crippen LogP contribution in [0.2, 0.25) is 5.02 Å². The van der Waals surface area contributed by atoms with E-state index in [1.807, 2.05) is 30.3 Å². The van der Waals surface area contributed by atoms with Crippen molar-refractivity contribution in [3.05, 3.63) is 64.1 Å². The number of halogens is 1. The number of hydrogen-bond donors (Lipinski definition) is 2. The van der Waals surface area contributed by atoms with Crippen molar-refractivity contribution >= 4 is 33.9 Å². The molecule has 0 amide bonds.